The predicted octanol–water partition coefficient (Wildman–Crippen LogP) is 3.98. The highest BCUT2D eigenvalue weighted by atomic mass is 16.5. The van der Waals surface area contributed by atoms with Gasteiger partial charge in [-0.3, -0.25) is 0 Å². The average molecular weight is 400 g/mol. The van der Waals surface area contributed by atoms with Gasteiger partial charge in [-0.1, -0.05) is 35.9 Å². The van der Waals surface area contributed by atoms with Crippen LogP contribution in [0.25, 0.3) is 11.1 Å². The molecule has 0 spiro atoms. The third kappa shape index (κ3) is 3.96. The molecule has 0 aliphatic heterocycles. The van der Waals surface area contributed by atoms with Gasteiger partial charge in [0.2, 0.25) is 5.88 Å². The molecular weight excluding hydrogens is 380 g/mol. The summed E-state index contributed by atoms with van der Waals surface area (Å²) in [5.41, 5.74) is 9.24. The number of benzene rings is 2. The van der Waals surface area contributed by atoms with Crippen LogP contribution in [0, 0.1) is 29.6 Å². The van der Waals surface area contributed by atoms with E-state index in [1.165, 1.54) is 19.8 Å². The van der Waals surface area contributed by atoms with Gasteiger partial charge in [0.25, 0.3) is 0 Å². The number of hydrogen-bond acceptors (Lipinski definition) is 7. The zero-order chi connectivity index (χ0) is 21.7. The maximum absolute atomic E-state index is 9.64. The normalized spacial score (nSPS) is 10.0. The van der Waals surface area contributed by atoms with Crippen molar-refractivity contribution < 1.29 is 14.2 Å². The number of pyridine rings is 1. The lowest BCUT2D eigenvalue weighted by Crippen LogP contribution is -2.04. The first-order valence-corrected chi connectivity index (χ1v) is 9.06. The summed E-state index contributed by atoms with van der Waals surface area (Å²) in [6.45, 7) is 2.40. The Hall–Kier alpha value is -4.23. The summed E-state index contributed by atoms with van der Waals surface area (Å²) in [4.78, 5) is 4.00. The fraction of sp³-hybridized carbons (Fsp3) is 0.174. The Bertz CT molecular complexity index is 1160. The van der Waals surface area contributed by atoms with Gasteiger partial charge < -0.3 is 19.9 Å². The Kier molecular flexibility index (Phi) is 6.05. The van der Waals surface area contributed by atoms with Crippen LogP contribution in [0.4, 0.5) is 5.82 Å². The summed E-state index contributed by atoms with van der Waals surface area (Å²) in [7, 11) is 2.91. The van der Waals surface area contributed by atoms with Crippen LogP contribution in [0.15, 0.2) is 42.5 Å². The predicted molar refractivity (Wildman–Crippen MR) is 112 cm³/mol. The van der Waals surface area contributed by atoms with Crippen LogP contribution in [0.3, 0.4) is 0 Å². The molecule has 1 heterocycles. The highest BCUT2D eigenvalue weighted by molar-refractivity contribution is 5.83. The van der Waals surface area contributed by atoms with E-state index in [0.29, 0.717) is 29.2 Å². The minimum absolute atomic E-state index is 0.0120. The minimum Gasteiger partial charge on any atom is -0.493 e. The number of ether oxygens (including phenoxy) is 3. The molecule has 0 amide bonds. The lowest BCUT2D eigenvalue weighted by atomic mass is 9.96. The maximum Gasteiger partial charge on any atom is 0.234 e. The van der Waals surface area contributed by atoms with Gasteiger partial charge in [-0.25, -0.2) is 0 Å². The number of methoxy groups -OCH3 is 2. The highest BCUT2D eigenvalue weighted by Crippen LogP contribution is 2.39. The van der Waals surface area contributed by atoms with Crippen molar-refractivity contribution in [3.05, 3.63) is 64.7 Å². The van der Waals surface area contributed by atoms with Crippen molar-refractivity contribution >= 4 is 5.82 Å². The number of rotatable bonds is 6. The van der Waals surface area contributed by atoms with Gasteiger partial charge in [0, 0.05) is 5.56 Å². The second-order valence-electron chi connectivity index (χ2n) is 6.49. The third-order valence-electron chi connectivity index (χ3n) is 4.58. The molecule has 0 unspecified atom stereocenters. The van der Waals surface area contributed by atoms with Gasteiger partial charge >= 0.3 is 0 Å². The molecule has 3 rings (SSSR count). The number of hydrogen-bond donors (Lipinski definition) is 1. The molecule has 1 aromatic heterocycles. The number of nitrogen functional groups attached to an aromatic ring is 1. The van der Waals surface area contributed by atoms with Crippen molar-refractivity contribution in [2.75, 3.05) is 20.0 Å². The molecule has 150 valence electrons. The zero-order valence-corrected chi connectivity index (χ0v) is 16.9. The fourth-order valence-electron chi connectivity index (χ4n) is 3.02. The summed E-state index contributed by atoms with van der Waals surface area (Å²) in [5, 5.41) is 19.2. The van der Waals surface area contributed by atoms with Crippen LogP contribution < -0.4 is 19.9 Å². The lowest BCUT2D eigenvalue weighted by Gasteiger charge is -2.15. The molecule has 2 N–H and O–H groups in total. The number of nitrogens with zero attached hydrogens (tertiary/aromatic N) is 3. The van der Waals surface area contributed by atoms with Gasteiger partial charge in [0.05, 0.1) is 14.2 Å². The van der Waals surface area contributed by atoms with Crippen molar-refractivity contribution in [1.29, 1.82) is 10.5 Å². The van der Waals surface area contributed by atoms with Crippen molar-refractivity contribution in [3.8, 4) is 40.6 Å². The number of nitriles is 2. The number of anilines is 1. The summed E-state index contributed by atoms with van der Waals surface area (Å²) in [6, 6.07) is 17.3. The second kappa shape index (κ2) is 8.85. The second-order valence-corrected chi connectivity index (χ2v) is 6.49. The van der Waals surface area contributed by atoms with Crippen molar-refractivity contribution in [2.45, 2.75) is 13.5 Å². The van der Waals surface area contributed by atoms with Crippen LogP contribution in [0.2, 0.25) is 0 Å². The van der Waals surface area contributed by atoms with E-state index in [0.717, 1.165) is 5.56 Å². The van der Waals surface area contributed by atoms with Crippen LogP contribution in [-0.2, 0) is 6.61 Å². The van der Waals surface area contributed by atoms with E-state index in [2.05, 4.69) is 11.1 Å². The van der Waals surface area contributed by atoms with E-state index in [4.69, 9.17) is 19.9 Å². The molecule has 7 nitrogen and oxygen atoms in total. The summed E-state index contributed by atoms with van der Waals surface area (Å²) < 4.78 is 16.6. The molecular formula is C23H20N4O3. The standard InChI is InChI=1S/C23H20N4O3/c1-14-4-6-15(7-5-14)13-30-19-9-8-16(10-20(19)28-2)21-17(11-24)22(26)27-23(29-3)18(21)12-25/h4-10H,13H2,1-3H3,(H2,26,27). The Morgan fingerprint density at radius 3 is 2.23 bits per heavy atom. The van der Waals surface area contributed by atoms with Crippen LogP contribution in [0.5, 0.6) is 17.4 Å². The molecule has 30 heavy (non-hydrogen) atoms. The van der Waals surface area contributed by atoms with Gasteiger partial charge in [0.15, 0.2) is 11.5 Å². The van der Waals surface area contributed by atoms with Gasteiger partial charge in [-0.15, -0.1) is 0 Å². The molecule has 7 heteroatoms. The molecule has 0 saturated carbocycles. The molecule has 0 aliphatic carbocycles. The summed E-state index contributed by atoms with van der Waals surface area (Å²) >= 11 is 0. The van der Waals surface area contributed by atoms with E-state index >= 15 is 0 Å². The van der Waals surface area contributed by atoms with E-state index in [1.807, 2.05) is 37.3 Å². The van der Waals surface area contributed by atoms with Crippen molar-refractivity contribution in [3.63, 3.8) is 0 Å². The van der Waals surface area contributed by atoms with Crippen LogP contribution in [0.1, 0.15) is 22.3 Å². The van der Waals surface area contributed by atoms with E-state index in [-0.39, 0.29) is 22.8 Å². The Balaban J connectivity index is 2.03. The molecule has 0 fully saturated rings. The maximum atomic E-state index is 9.64. The Morgan fingerprint density at radius 2 is 1.63 bits per heavy atom. The minimum atomic E-state index is -0.0120. The molecule has 0 saturated heterocycles. The molecule has 0 aliphatic rings. The Labute approximate surface area is 174 Å². The first kappa shape index (κ1) is 20.5. The molecule has 2 aromatic carbocycles. The number of aryl methyl sites for hydroxylation is 1. The van der Waals surface area contributed by atoms with E-state index in [1.54, 1.807) is 18.2 Å². The van der Waals surface area contributed by atoms with Gasteiger partial charge in [-0.05, 0) is 30.2 Å². The van der Waals surface area contributed by atoms with Crippen molar-refractivity contribution in [2.24, 2.45) is 0 Å². The van der Waals surface area contributed by atoms with Gasteiger partial charge in [-0.2, -0.15) is 15.5 Å². The topological polar surface area (TPSA) is 114 Å². The molecule has 0 radical (unpaired) electrons. The zero-order valence-electron chi connectivity index (χ0n) is 16.9. The monoisotopic (exact) mass is 400 g/mol. The van der Waals surface area contributed by atoms with E-state index in [9.17, 15) is 10.5 Å². The SMILES string of the molecule is COc1cc(-c2c(C#N)c(N)nc(OC)c2C#N)ccc1OCc1ccc(C)cc1. The summed E-state index contributed by atoms with van der Waals surface area (Å²) in [6.07, 6.45) is 0. The number of nitrogens with two attached hydrogens (primary N) is 1. The average Bonchev–Trinajstić information content (AvgIpc) is 2.77. The molecule has 3 aromatic rings. The quantitative estimate of drug-likeness (QED) is 0.665. The van der Waals surface area contributed by atoms with Crippen LogP contribution in [-0.4, -0.2) is 19.2 Å². The highest BCUT2D eigenvalue weighted by Gasteiger charge is 2.22. The van der Waals surface area contributed by atoms with Crippen LogP contribution >= 0.6 is 0 Å². The van der Waals surface area contributed by atoms with Gasteiger partial charge in [0.1, 0.15) is 35.7 Å². The van der Waals surface area contributed by atoms with Crippen molar-refractivity contribution in [1.82, 2.24) is 4.98 Å². The van der Waals surface area contributed by atoms with E-state index < -0.39 is 0 Å². The largest absolute Gasteiger partial charge is 0.493 e. The lowest BCUT2D eigenvalue weighted by molar-refractivity contribution is 0.284. The first-order chi connectivity index (χ1) is 14.5. The Morgan fingerprint density at radius 1 is 0.933 bits per heavy atom. The summed E-state index contributed by atoms with van der Waals surface area (Å²) in [5.74, 6) is 1.04. The molecule has 0 bridgehead atoms. The molecule has 0 atom stereocenters. The third-order valence-corrected chi connectivity index (χ3v) is 4.58. The first-order valence-electron chi connectivity index (χ1n) is 9.06. The number of aromatic nitrogens is 1. The fourth-order valence-corrected chi connectivity index (χ4v) is 3.02. The smallest absolute Gasteiger partial charge is 0.234 e.